The normalized spacial score (nSPS) is 25.3. The molecule has 0 aromatic rings. The summed E-state index contributed by atoms with van der Waals surface area (Å²) in [7, 11) is 0. The summed E-state index contributed by atoms with van der Waals surface area (Å²) < 4.78 is 0. The van der Waals surface area contributed by atoms with Crippen LogP contribution in [0.2, 0.25) is 0 Å². The highest BCUT2D eigenvalue weighted by Crippen LogP contribution is 2.21. The van der Waals surface area contributed by atoms with E-state index in [1.54, 1.807) is 0 Å². The summed E-state index contributed by atoms with van der Waals surface area (Å²) in [5, 5.41) is 6.49. The van der Waals surface area contributed by atoms with Crippen molar-refractivity contribution >= 4 is 6.03 Å². The number of hydrogen-bond donors (Lipinski definition) is 2. The molecule has 0 aromatic heterocycles. The summed E-state index contributed by atoms with van der Waals surface area (Å²) in [4.78, 5) is 14.4. The van der Waals surface area contributed by atoms with E-state index in [1.807, 2.05) is 0 Å². The lowest BCUT2D eigenvalue weighted by Gasteiger charge is -2.31. The predicted molar refractivity (Wildman–Crippen MR) is 78.3 cm³/mol. The third-order valence-electron chi connectivity index (χ3n) is 4.36. The van der Waals surface area contributed by atoms with Crippen LogP contribution in [-0.4, -0.2) is 43.2 Å². The second kappa shape index (κ2) is 8.41. The largest absolute Gasteiger partial charge is 0.338 e. The zero-order chi connectivity index (χ0) is 13.3. The van der Waals surface area contributed by atoms with E-state index in [2.05, 4.69) is 15.5 Å². The summed E-state index contributed by atoms with van der Waals surface area (Å²) in [6, 6.07) is 0.617. The summed E-state index contributed by atoms with van der Waals surface area (Å²) >= 11 is 0. The van der Waals surface area contributed by atoms with E-state index in [1.165, 1.54) is 51.4 Å². The average Bonchev–Trinajstić information content (AvgIpc) is 2.60. The van der Waals surface area contributed by atoms with Crippen LogP contribution in [0.3, 0.4) is 0 Å². The van der Waals surface area contributed by atoms with Crippen LogP contribution in [0.15, 0.2) is 0 Å². The van der Waals surface area contributed by atoms with Gasteiger partial charge in [0.15, 0.2) is 0 Å². The molecule has 0 spiro atoms. The Labute approximate surface area is 117 Å². The molecule has 0 radical (unpaired) electrons. The molecule has 2 fully saturated rings. The minimum atomic E-state index is 0.160. The van der Waals surface area contributed by atoms with Gasteiger partial charge in [0.05, 0.1) is 0 Å². The number of carbonyl (C=O) groups is 1. The van der Waals surface area contributed by atoms with Gasteiger partial charge < -0.3 is 15.5 Å². The molecule has 1 saturated heterocycles. The molecule has 1 aliphatic heterocycles. The molecule has 19 heavy (non-hydrogen) atoms. The van der Waals surface area contributed by atoms with E-state index in [4.69, 9.17) is 0 Å². The van der Waals surface area contributed by atoms with Crippen LogP contribution in [0.25, 0.3) is 0 Å². The Morgan fingerprint density at radius 1 is 0.842 bits per heavy atom. The Bertz CT molecular complexity index is 260. The molecule has 2 aliphatic rings. The lowest BCUT2D eigenvalue weighted by molar-refractivity contribution is 0.166. The van der Waals surface area contributed by atoms with Crippen LogP contribution in [0, 0.1) is 0 Å². The van der Waals surface area contributed by atoms with Crippen molar-refractivity contribution < 1.29 is 4.79 Å². The van der Waals surface area contributed by atoms with Gasteiger partial charge in [0.1, 0.15) is 0 Å². The van der Waals surface area contributed by atoms with Crippen LogP contribution < -0.4 is 10.6 Å². The first kappa shape index (κ1) is 14.6. The molecule has 2 amide bonds. The Hall–Kier alpha value is -0.770. The quantitative estimate of drug-likeness (QED) is 0.766. The van der Waals surface area contributed by atoms with Gasteiger partial charge in [0.2, 0.25) is 0 Å². The molecule has 2 N–H and O–H groups in total. The van der Waals surface area contributed by atoms with Crippen LogP contribution in [-0.2, 0) is 0 Å². The van der Waals surface area contributed by atoms with Crippen molar-refractivity contribution in [3.8, 4) is 0 Å². The smallest absolute Gasteiger partial charge is 0.317 e. The van der Waals surface area contributed by atoms with Crippen LogP contribution in [0.1, 0.15) is 57.8 Å². The number of nitrogens with zero attached hydrogens (tertiary/aromatic N) is 1. The maximum absolute atomic E-state index is 12.3. The molecule has 0 unspecified atom stereocenters. The summed E-state index contributed by atoms with van der Waals surface area (Å²) in [5.74, 6) is 0. The lowest BCUT2D eigenvalue weighted by Crippen LogP contribution is -2.48. The van der Waals surface area contributed by atoms with Gasteiger partial charge in [-0.15, -0.1) is 0 Å². The Morgan fingerprint density at radius 2 is 1.53 bits per heavy atom. The van der Waals surface area contributed by atoms with Crippen molar-refractivity contribution in [1.82, 2.24) is 15.5 Å². The molecule has 1 aliphatic carbocycles. The van der Waals surface area contributed by atoms with Crippen molar-refractivity contribution in [3.05, 3.63) is 0 Å². The van der Waals surface area contributed by atoms with Crippen molar-refractivity contribution in [2.75, 3.05) is 26.2 Å². The maximum atomic E-state index is 12.3. The lowest BCUT2D eigenvalue weighted by atomic mass is 10.0. The van der Waals surface area contributed by atoms with Gasteiger partial charge in [-0.3, -0.25) is 0 Å². The molecular weight excluding hydrogens is 238 g/mol. The number of nitrogens with one attached hydrogen (secondary N) is 2. The van der Waals surface area contributed by atoms with Gasteiger partial charge in [0.25, 0.3) is 0 Å². The van der Waals surface area contributed by atoms with Crippen molar-refractivity contribution in [2.24, 2.45) is 0 Å². The second-order valence-electron chi connectivity index (χ2n) is 5.88. The molecular formula is C15H29N3O. The van der Waals surface area contributed by atoms with Crippen molar-refractivity contribution in [1.29, 1.82) is 0 Å². The van der Waals surface area contributed by atoms with Crippen LogP contribution >= 0.6 is 0 Å². The molecule has 0 atom stereocenters. The van der Waals surface area contributed by atoms with E-state index in [9.17, 15) is 4.79 Å². The van der Waals surface area contributed by atoms with E-state index >= 15 is 0 Å². The first-order valence-corrected chi connectivity index (χ1v) is 8.13. The van der Waals surface area contributed by atoms with E-state index in [0.29, 0.717) is 6.04 Å². The predicted octanol–water partition coefficient (Wildman–Crippen LogP) is 2.49. The van der Waals surface area contributed by atoms with Crippen LogP contribution in [0.5, 0.6) is 0 Å². The van der Waals surface area contributed by atoms with E-state index in [0.717, 1.165) is 32.6 Å². The zero-order valence-electron chi connectivity index (χ0n) is 12.1. The topological polar surface area (TPSA) is 44.4 Å². The van der Waals surface area contributed by atoms with Gasteiger partial charge in [-0.2, -0.15) is 0 Å². The van der Waals surface area contributed by atoms with Gasteiger partial charge in [-0.1, -0.05) is 38.5 Å². The minimum Gasteiger partial charge on any atom is -0.338 e. The zero-order valence-corrected chi connectivity index (χ0v) is 12.1. The summed E-state index contributed by atoms with van der Waals surface area (Å²) in [6.07, 6.45) is 11.4. The standard InChI is InChI=1S/C15H29N3O/c19-15-17-11-7-10-16-12-13-18(15)14-8-5-3-1-2-4-6-9-14/h14,16H,1-13H2,(H,17,19). The van der Waals surface area contributed by atoms with Gasteiger partial charge in [-0.05, 0) is 25.8 Å². The molecule has 0 aromatic carbocycles. The van der Waals surface area contributed by atoms with E-state index < -0.39 is 0 Å². The number of carbonyl (C=O) groups excluding carboxylic acids is 1. The first-order chi connectivity index (χ1) is 9.38. The second-order valence-corrected chi connectivity index (χ2v) is 5.88. The number of amides is 2. The fourth-order valence-electron chi connectivity index (χ4n) is 3.21. The Kier molecular flexibility index (Phi) is 6.48. The third-order valence-corrected chi connectivity index (χ3v) is 4.36. The van der Waals surface area contributed by atoms with E-state index in [-0.39, 0.29) is 6.03 Å². The first-order valence-electron chi connectivity index (χ1n) is 8.13. The highest BCUT2D eigenvalue weighted by molar-refractivity contribution is 5.74. The molecule has 1 heterocycles. The van der Waals surface area contributed by atoms with Crippen molar-refractivity contribution in [2.45, 2.75) is 63.8 Å². The summed E-state index contributed by atoms with van der Waals surface area (Å²) in [6.45, 7) is 3.61. The molecule has 1 saturated carbocycles. The highest BCUT2D eigenvalue weighted by Gasteiger charge is 2.23. The summed E-state index contributed by atoms with van der Waals surface area (Å²) in [5.41, 5.74) is 0. The fourth-order valence-corrected chi connectivity index (χ4v) is 3.21. The minimum absolute atomic E-state index is 0.160. The molecule has 2 rings (SSSR count). The Balaban J connectivity index is 1.94. The molecule has 110 valence electrons. The van der Waals surface area contributed by atoms with Crippen LogP contribution in [0.4, 0.5) is 4.79 Å². The molecule has 0 bridgehead atoms. The average molecular weight is 267 g/mol. The monoisotopic (exact) mass is 267 g/mol. The third kappa shape index (κ3) is 5.01. The van der Waals surface area contributed by atoms with Gasteiger partial charge in [0, 0.05) is 25.7 Å². The maximum Gasteiger partial charge on any atom is 0.317 e. The molecule has 4 nitrogen and oxygen atoms in total. The fraction of sp³-hybridized carbons (Fsp3) is 0.933. The van der Waals surface area contributed by atoms with Crippen molar-refractivity contribution in [3.63, 3.8) is 0 Å². The molecule has 4 heteroatoms. The van der Waals surface area contributed by atoms with Gasteiger partial charge >= 0.3 is 6.03 Å². The highest BCUT2D eigenvalue weighted by atomic mass is 16.2. The Morgan fingerprint density at radius 3 is 2.26 bits per heavy atom. The van der Waals surface area contributed by atoms with Gasteiger partial charge in [-0.25, -0.2) is 4.79 Å². The number of rotatable bonds is 1. The SMILES string of the molecule is O=C1NCCCNCCN1C1CCCCCCCC1. The number of hydrogen-bond acceptors (Lipinski definition) is 2. The number of urea groups is 1.